The van der Waals surface area contributed by atoms with Crippen LogP contribution in [0.15, 0.2) is 87.3 Å². The molecule has 0 aliphatic rings. The molecule has 3 aromatic carbocycles. The van der Waals surface area contributed by atoms with Crippen molar-refractivity contribution >= 4 is 38.1 Å². The van der Waals surface area contributed by atoms with Gasteiger partial charge in [0.05, 0.1) is 17.7 Å². The summed E-state index contributed by atoms with van der Waals surface area (Å²) >= 11 is 3.38. The lowest BCUT2D eigenvalue weighted by Gasteiger charge is -2.22. The van der Waals surface area contributed by atoms with Crippen molar-refractivity contribution in [3.8, 4) is 0 Å². The number of amides is 1. The average Bonchev–Trinajstić information content (AvgIpc) is 2.76. The van der Waals surface area contributed by atoms with Gasteiger partial charge < -0.3 is 0 Å². The molecule has 0 aromatic heterocycles. The molecule has 0 fully saturated rings. The van der Waals surface area contributed by atoms with Crippen LogP contribution in [-0.4, -0.2) is 31.4 Å². The third kappa shape index (κ3) is 6.09. The van der Waals surface area contributed by atoms with E-state index in [0.29, 0.717) is 0 Å². The Hall–Kier alpha value is -2.88. The van der Waals surface area contributed by atoms with Crippen LogP contribution in [0, 0.1) is 12.7 Å². The van der Waals surface area contributed by atoms with E-state index >= 15 is 0 Å². The monoisotopic (exact) mass is 517 g/mol. The highest BCUT2D eigenvalue weighted by atomic mass is 79.9. The summed E-state index contributed by atoms with van der Waals surface area (Å²) < 4.78 is 42.4. The highest BCUT2D eigenvalue weighted by Crippen LogP contribution is 2.20. The number of sulfonamides is 1. The molecule has 0 bridgehead atoms. The maximum Gasteiger partial charge on any atom is 0.255 e. The second-order valence-electron chi connectivity index (χ2n) is 6.99. The Kier molecular flexibility index (Phi) is 7.89. The fourth-order valence-corrected chi connectivity index (χ4v) is 4.61. The minimum atomic E-state index is -4.07. The van der Waals surface area contributed by atoms with Crippen molar-refractivity contribution in [3.63, 3.8) is 0 Å². The number of halogens is 2. The number of carbonyl (C=O) groups is 1. The first-order valence-electron chi connectivity index (χ1n) is 9.64. The van der Waals surface area contributed by atoms with Gasteiger partial charge >= 0.3 is 0 Å². The van der Waals surface area contributed by atoms with Gasteiger partial charge in [-0.1, -0.05) is 70.0 Å². The van der Waals surface area contributed by atoms with Gasteiger partial charge in [0.25, 0.3) is 5.91 Å². The molecule has 0 atom stereocenters. The Balaban J connectivity index is 1.82. The molecule has 0 saturated carbocycles. The summed E-state index contributed by atoms with van der Waals surface area (Å²) in [4.78, 5) is 12.5. The third-order valence-electron chi connectivity index (χ3n) is 4.58. The number of hydrogen-bond acceptors (Lipinski definition) is 4. The van der Waals surface area contributed by atoms with E-state index < -0.39 is 28.3 Å². The van der Waals surface area contributed by atoms with E-state index in [1.807, 2.05) is 25.1 Å². The van der Waals surface area contributed by atoms with E-state index in [2.05, 4.69) is 26.5 Å². The van der Waals surface area contributed by atoms with E-state index in [-0.39, 0.29) is 17.0 Å². The van der Waals surface area contributed by atoms with E-state index in [1.54, 1.807) is 24.3 Å². The zero-order valence-electron chi connectivity index (χ0n) is 17.2. The van der Waals surface area contributed by atoms with Crippen LogP contribution in [0.4, 0.5) is 4.39 Å². The smallest absolute Gasteiger partial charge is 0.255 e. The third-order valence-corrected chi connectivity index (χ3v) is 7.11. The molecule has 0 aliphatic heterocycles. The highest BCUT2D eigenvalue weighted by molar-refractivity contribution is 9.10. The van der Waals surface area contributed by atoms with Crippen LogP contribution in [-0.2, 0) is 21.4 Å². The molecule has 3 rings (SSSR count). The quantitative estimate of drug-likeness (QED) is 0.358. The molecular weight excluding hydrogens is 497 g/mol. The summed E-state index contributed by atoms with van der Waals surface area (Å²) in [6.45, 7) is 1.01. The fraction of sp³-hybridized carbons (Fsp3) is 0.130. The van der Waals surface area contributed by atoms with Gasteiger partial charge in [-0.15, -0.1) is 0 Å². The Morgan fingerprint density at radius 1 is 1.06 bits per heavy atom. The van der Waals surface area contributed by atoms with Crippen LogP contribution in [0.1, 0.15) is 16.7 Å². The molecule has 1 amide bonds. The number of aryl methyl sites for hydroxylation is 1. The highest BCUT2D eigenvalue weighted by Gasteiger charge is 2.27. The molecule has 0 saturated heterocycles. The van der Waals surface area contributed by atoms with Gasteiger partial charge in [0.2, 0.25) is 10.0 Å². The predicted octanol–water partition coefficient (Wildman–Crippen LogP) is 4.24. The number of nitrogens with one attached hydrogen (secondary N) is 1. The molecule has 1 N–H and O–H groups in total. The summed E-state index contributed by atoms with van der Waals surface area (Å²) in [6.07, 6.45) is 1.44. The summed E-state index contributed by atoms with van der Waals surface area (Å²) in [5.41, 5.74) is 4.12. The van der Waals surface area contributed by atoms with Gasteiger partial charge in [0, 0.05) is 22.1 Å². The van der Waals surface area contributed by atoms with Crippen molar-refractivity contribution in [1.29, 1.82) is 0 Å². The van der Waals surface area contributed by atoms with Gasteiger partial charge in [-0.2, -0.15) is 9.41 Å². The standard InChI is InChI=1S/C23H21BrFN3O3S/c1-17-10-12-20(13-11-17)32(30,31)28(15-19-7-3-5-9-22(19)25)16-23(29)27-26-14-18-6-2-4-8-21(18)24/h2-14H,15-16H2,1H3,(H,27,29)/b26-14-. The lowest BCUT2D eigenvalue weighted by Crippen LogP contribution is -2.39. The molecule has 0 radical (unpaired) electrons. The van der Waals surface area contributed by atoms with E-state index in [4.69, 9.17) is 0 Å². The maximum atomic E-state index is 14.2. The van der Waals surface area contributed by atoms with Crippen molar-refractivity contribution < 1.29 is 17.6 Å². The van der Waals surface area contributed by atoms with Gasteiger partial charge in [-0.25, -0.2) is 18.2 Å². The second-order valence-corrected chi connectivity index (χ2v) is 9.78. The van der Waals surface area contributed by atoms with Crippen LogP contribution in [0.5, 0.6) is 0 Å². The van der Waals surface area contributed by atoms with Crippen LogP contribution in [0.2, 0.25) is 0 Å². The minimum absolute atomic E-state index is 0.0176. The zero-order valence-corrected chi connectivity index (χ0v) is 19.6. The molecule has 6 nitrogen and oxygen atoms in total. The van der Waals surface area contributed by atoms with E-state index in [9.17, 15) is 17.6 Å². The Bertz CT molecular complexity index is 1230. The van der Waals surface area contributed by atoms with Crippen LogP contribution in [0.3, 0.4) is 0 Å². The normalized spacial score (nSPS) is 11.8. The molecule has 9 heteroatoms. The van der Waals surface area contributed by atoms with E-state index in [0.717, 1.165) is 19.9 Å². The first-order valence-corrected chi connectivity index (χ1v) is 11.9. The molecule has 166 valence electrons. The number of nitrogens with zero attached hydrogens (tertiary/aromatic N) is 2. The van der Waals surface area contributed by atoms with Gasteiger partial charge in [0.15, 0.2) is 0 Å². The number of benzene rings is 3. The Morgan fingerprint density at radius 2 is 1.72 bits per heavy atom. The summed E-state index contributed by atoms with van der Waals surface area (Å²) in [5, 5.41) is 3.90. The predicted molar refractivity (Wildman–Crippen MR) is 125 cm³/mol. The number of hydrogen-bond donors (Lipinski definition) is 1. The van der Waals surface area contributed by atoms with Crippen molar-refractivity contribution in [2.45, 2.75) is 18.4 Å². The van der Waals surface area contributed by atoms with Crippen LogP contribution >= 0.6 is 15.9 Å². The number of hydrazone groups is 1. The summed E-state index contributed by atoms with van der Waals surface area (Å²) in [7, 11) is -4.07. The fourth-order valence-electron chi connectivity index (χ4n) is 2.85. The molecule has 0 unspecified atom stereocenters. The molecule has 3 aromatic rings. The van der Waals surface area contributed by atoms with Crippen molar-refractivity contribution in [2.24, 2.45) is 5.10 Å². The van der Waals surface area contributed by atoms with Gasteiger partial charge in [-0.3, -0.25) is 4.79 Å². The molecule has 0 aliphatic carbocycles. The minimum Gasteiger partial charge on any atom is -0.272 e. The van der Waals surface area contributed by atoms with E-state index in [1.165, 1.54) is 36.5 Å². The van der Waals surface area contributed by atoms with Crippen molar-refractivity contribution in [2.75, 3.05) is 6.54 Å². The number of carbonyl (C=O) groups excluding carboxylic acids is 1. The topological polar surface area (TPSA) is 78.8 Å². The molecular formula is C23H21BrFN3O3S. The summed E-state index contributed by atoms with van der Waals surface area (Å²) in [5.74, 6) is -1.20. The Morgan fingerprint density at radius 3 is 2.41 bits per heavy atom. The van der Waals surface area contributed by atoms with Crippen LogP contribution in [0.25, 0.3) is 0 Å². The average molecular weight is 518 g/mol. The summed E-state index contributed by atoms with van der Waals surface area (Å²) in [6, 6.07) is 19.4. The largest absolute Gasteiger partial charge is 0.272 e. The molecule has 0 heterocycles. The van der Waals surface area contributed by atoms with Crippen molar-refractivity contribution in [3.05, 3.63) is 99.8 Å². The van der Waals surface area contributed by atoms with Gasteiger partial charge in [0.1, 0.15) is 5.82 Å². The lowest BCUT2D eigenvalue weighted by atomic mass is 10.2. The maximum absolute atomic E-state index is 14.2. The second kappa shape index (κ2) is 10.6. The Labute approximate surface area is 195 Å². The van der Waals surface area contributed by atoms with Gasteiger partial charge in [-0.05, 0) is 31.2 Å². The molecule has 32 heavy (non-hydrogen) atoms. The number of rotatable bonds is 8. The van der Waals surface area contributed by atoms with Crippen molar-refractivity contribution in [1.82, 2.24) is 9.73 Å². The lowest BCUT2D eigenvalue weighted by molar-refractivity contribution is -0.121. The zero-order chi connectivity index (χ0) is 23.1. The molecule has 0 spiro atoms. The SMILES string of the molecule is Cc1ccc(S(=O)(=O)N(CC(=O)N/N=C\c2ccccc2Br)Cc2ccccc2F)cc1. The first-order chi connectivity index (χ1) is 15.3. The van der Waals surface area contributed by atoms with Crippen LogP contribution < -0.4 is 5.43 Å². The first kappa shape index (κ1) is 23.8.